The van der Waals surface area contributed by atoms with E-state index >= 15 is 0 Å². The van der Waals surface area contributed by atoms with Crippen LogP contribution in [0.15, 0.2) is 42.6 Å². The van der Waals surface area contributed by atoms with Crippen molar-refractivity contribution in [3.8, 4) is 5.75 Å². The Balaban J connectivity index is 2.04. The van der Waals surface area contributed by atoms with Crippen LogP contribution in [0.5, 0.6) is 5.75 Å². The van der Waals surface area contributed by atoms with Crippen molar-refractivity contribution < 1.29 is 4.74 Å². The largest absolute Gasteiger partial charge is 0.496 e. The lowest BCUT2D eigenvalue weighted by atomic mass is 9.88. The van der Waals surface area contributed by atoms with Gasteiger partial charge in [-0.2, -0.15) is 0 Å². The highest BCUT2D eigenvalue weighted by atomic mass is 16.5. The zero-order chi connectivity index (χ0) is 14.6. The highest BCUT2D eigenvalue weighted by Gasteiger charge is 2.13. The van der Waals surface area contributed by atoms with E-state index in [-0.39, 0.29) is 5.41 Å². The third kappa shape index (κ3) is 3.50. The lowest BCUT2D eigenvalue weighted by molar-refractivity contribution is 0.410. The monoisotopic (exact) mass is 270 g/mol. The molecule has 0 saturated heterocycles. The Labute approximate surface area is 121 Å². The van der Waals surface area contributed by atoms with Crippen LogP contribution in [0.1, 0.15) is 31.9 Å². The van der Waals surface area contributed by atoms with E-state index in [1.165, 1.54) is 5.56 Å². The summed E-state index contributed by atoms with van der Waals surface area (Å²) in [7, 11) is 1.69. The highest BCUT2D eigenvalue weighted by Crippen LogP contribution is 2.22. The van der Waals surface area contributed by atoms with Gasteiger partial charge in [0.25, 0.3) is 0 Å². The average molecular weight is 270 g/mol. The number of ether oxygens (including phenoxy) is 1. The zero-order valence-electron chi connectivity index (χ0n) is 12.6. The predicted octanol–water partition coefficient (Wildman–Crippen LogP) is 4.00. The Morgan fingerprint density at radius 3 is 2.45 bits per heavy atom. The van der Waals surface area contributed by atoms with E-state index in [0.717, 1.165) is 17.1 Å². The quantitative estimate of drug-likeness (QED) is 0.911. The number of hydrogen-bond donors (Lipinski definition) is 1. The number of pyridine rings is 1. The van der Waals surface area contributed by atoms with E-state index in [4.69, 9.17) is 4.74 Å². The maximum Gasteiger partial charge on any atom is 0.126 e. The van der Waals surface area contributed by atoms with Crippen LogP contribution in [0, 0.1) is 0 Å². The fourth-order valence-corrected chi connectivity index (χ4v) is 1.98. The molecule has 1 aromatic heterocycles. The minimum Gasteiger partial charge on any atom is -0.496 e. The number of rotatable bonds is 4. The summed E-state index contributed by atoms with van der Waals surface area (Å²) in [5, 5.41) is 3.32. The maximum atomic E-state index is 5.34. The first kappa shape index (κ1) is 14.4. The minimum atomic E-state index is 0.133. The van der Waals surface area contributed by atoms with Gasteiger partial charge in [0.05, 0.1) is 7.11 Å². The van der Waals surface area contributed by atoms with Gasteiger partial charge < -0.3 is 10.1 Å². The van der Waals surface area contributed by atoms with E-state index in [0.29, 0.717) is 6.54 Å². The molecule has 20 heavy (non-hydrogen) atoms. The SMILES string of the molecule is COc1ccccc1CNc1ccc(C(C)(C)C)cn1. The number of para-hydroxylation sites is 1. The van der Waals surface area contributed by atoms with Crippen molar-refractivity contribution in [2.45, 2.75) is 32.7 Å². The summed E-state index contributed by atoms with van der Waals surface area (Å²) in [5.74, 6) is 1.77. The van der Waals surface area contributed by atoms with Crippen molar-refractivity contribution in [1.29, 1.82) is 0 Å². The molecular weight excluding hydrogens is 248 g/mol. The summed E-state index contributed by atoms with van der Waals surface area (Å²) in [6, 6.07) is 12.1. The molecule has 0 atom stereocenters. The predicted molar refractivity (Wildman–Crippen MR) is 83.3 cm³/mol. The average Bonchev–Trinajstić information content (AvgIpc) is 2.45. The van der Waals surface area contributed by atoms with Gasteiger partial charge in [-0.15, -0.1) is 0 Å². The molecular formula is C17H22N2O. The van der Waals surface area contributed by atoms with Gasteiger partial charge in [-0.25, -0.2) is 4.98 Å². The van der Waals surface area contributed by atoms with Gasteiger partial charge >= 0.3 is 0 Å². The molecule has 0 aliphatic carbocycles. The smallest absolute Gasteiger partial charge is 0.126 e. The van der Waals surface area contributed by atoms with Crippen molar-refractivity contribution >= 4 is 5.82 Å². The van der Waals surface area contributed by atoms with Gasteiger partial charge in [0, 0.05) is 18.3 Å². The standard InChI is InChI=1S/C17H22N2O/c1-17(2,3)14-9-10-16(19-12-14)18-11-13-7-5-6-8-15(13)20-4/h5-10,12H,11H2,1-4H3,(H,18,19). The topological polar surface area (TPSA) is 34.1 Å². The molecule has 0 aliphatic rings. The van der Waals surface area contributed by atoms with Crippen LogP contribution >= 0.6 is 0 Å². The lowest BCUT2D eigenvalue weighted by Crippen LogP contribution is -2.12. The Morgan fingerprint density at radius 1 is 1.10 bits per heavy atom. The molecule has 0 radical (unpaired) electrons. The molecule has 3 heteroatoms. The number of nitrogens with zero attached hydrogens (tertiary/aromatic N) is 1. The van der Waals surface area contributed by atoms with Crippen molar-refractivity contribution in [2.24, 2.45) is 0 Å². The number of aromatic nitrogens is 1. The Kier molecular flexibility index (Phi) is 4.28. The van der Waals surface area contributed by atoms with Crippen LogP contribution in [0.2, 0.25) is 0 Å². The van der Waals surface area contributed by atoms with Gasteiger partial charge in [-0.05, 0) is 23.1 Å². The molecule has 1 aromatic carbocycles. The van der Waals surface area contributed by atoms with Gasteiger partial charge in [-0.3, -0.25) is 0 Å². The molecule has 0 bridgehead atoms. The first-order valence-corrected chi connectivity index (χ1v) is 6.83. The summed E-state index contributed by atoms with van der Waals surface area (Å²) in [5.41, 5.74) is 2.49. The summed E-state index contributed by atoms with van der Waals surface area (Å²) < 4.78 is 5.34. The van der Waals surface area contributed by atoms with Crippen LogP contribution in [0.3, 0.4) is 0 Å². The zero-order valence-corrected chi connectivity index (χ0v) is 12.6. The van der Waals surface area contributed by atoms with Crippen LogP contribution in [-0.2, 0) is 12.0 Å². The lowest BCUT2D eigenvalue weighted by Gasteiger charge is -2.18. The van der Waals surface area contributed by atoms with E-state index in [9.17, 15) is 0 Å². The molecule has 1 N–H and O–H groups in total. The molecule has 1 heterocycles. The third-order valence-corrected chi connectivity index (χ3v) is 3.28. The molecule has 0 amide bonds. The first-order chi connectivity index (χ1) is 9.50. The first-order valence-electron chi connectivity index (χ1n) is 6.83. The van der Waals surface area contributed by atoms with E-state index in [2.05, 4.69) is 43.2 Å². The second-order valence-corrected chi connectivity index (χ2v) is 5.85. The number of nitrogens with one attached hydrogen (secondary N) is 1. The van der Waals surface area contributed by atoms with Gasteiger partial charge in [0.2, 0.25) is 0 Å². The highest BCUT2D eigenvalue weighted by molar-refractivity contribution is 5.41. The number of anilines is 1. The van der Waals surface area contributed by atoms with Crippen LogP contribution < -0.4 is 10.1 Å². The molecule has 106 valence electrons. The second-order valence-electron chi connectivity index (χ2n) is 5.85. The van der Waals surface area contributed by atoms with Gasteiger partial charge in [-0.1, -0.05) is 45.0 Å². The van der Waals surface area contributed by atoms with Gasteiger partial charge in [0.1, 0.15) is 11.6 Å². The Bertz CT molecular complexity index is 556. The molecule has 0 spiro atoms. The number of methoxy groups -OCH3 is 1. The Hall–Kier alpha value is -2.03. The molecule has 0 fully saturated rings. The van der Waals surface area contributed by atoms with Crippen LogP contribution in [-0.4, -0.2) is 12.1 Å². The van der Waals surface area contributed by atoms with E-state index in [1.54, 1.807) is 7.11 Å². The molecule has 0 unspecified atom stereocenters. The summed E-state index contributed by atoms with van der Waals surface area (Å²) in [4.78, 5) is 4.46. The van der Waals surface area contributed by atoms with E-state index < -0.39 is 0 Å². The Morgan fingerprint density at radius 2 is 1.85 bits per heavy atom. The number of benzene rings is 1. The summed E-state index contributed by atoms with van der Waals surface area (Å²) in [6.07, 6.45) is 1.94. The summed E-state index contributed by atoms with van der Waals surface area (Å²) >= 11 is 0. The summed E-state index contributed by atoms with van der Waals surface area (Å²) in [6.45, 7) is 7.26. The maximum absolute atomic E-state index is 5.34. The second kappa shape index (κ2) is 5.95. The molecule has 3 nitrogen and oxygen atoms in total. The van der Waals surface area contributed by atoms with Crippen molar-refractivity contribution in [3.63, 3.8) is 0 Å². The van der Waals surface area contributed by atoms with Crippen LogP contribution in [0.25, 0.3) is 0 Å². The molecule has 2 aromatic rings. The van der Waals surface area contributed by atoms with Crippen molar-refractivity contribution in [2.75, 3.05) is 12.4 Å². The molecule has 2 rings (SSSR count). The van der Waals surface area contributed by atoms with Crippen LogP contribution in [0.4, 0.5) is 5.82 Å². The minimum absolute atomic E-state index is 0.133. The molecule has 0 saturated carbocycles. The fraction of sp³-hybridized carbons (Fsp3) is 0.353. The molecule has 0 aliphatic heterocycles. The van der Waals surface area contributed by atoms with E-state index in [1.807, 2.05) is 30.5 Å². The normalized spacial score (nSPS) is 11.2. The van der Waals surface area contributed by atoms with Gasteiger partial charge in [0.15, 0.2) is 0 Å². The third-order valence-electron chi connectivity index (χ3n) is 3.28. The number of hydrogen-bond acceptors (Lipinski definition) is 3. The van der Waals surface area contributed by atoms with Crippen molar-refractivity contribution in [1.82, 2.24) is 4.98 Å². The fourth-order valence-electron chi connectivity index (χ4n) is 1.98. The van der Waals surface area contributed by atoms with Crippen molar-refractivity contribution in [3.05, 3.63) is 53.7 Å².